The van der Waals surface area contributed by atoms with Gasteiger partial charge in [0.15, 0.2) is 5.69 Å². The second kappa shape index (κ2) is 7.86. The van der Waals surface area contributed by atoms with Crippen LogP contribution in [0.5, 0.6) is 5.75 Å². The number of rotatable bonds is 4. The van der Waals surface area contributed by atoms with E-state index in [1.165, 1.54) is 0 Å². The van der Waals surface area contributed by atoms with Gasteiger partial charge in [0, 0.05) is 24.7 Å². The molecule has 144 valence electrons. The Labute approximate surface area is 164 Å². The van der Waals surface area contributed by atoms with Gasteiger partial charge in [-0.15, -0.1) is 0 Å². The van der Waals surface area contributed by atoms with Crippen LogP contribution in [0.4, 0.5) is 0 Å². The molecule has 0 bridgehead atoms. The number of carbonyl (C=O) groups is 1. The van der Waals surface area contributed by atoms with E-state index in [2.05, 4.69) is 5.10 Å². The highest BCUT2D eigenvalue weighted by Gasteiger charge is 2.25. The van der Waals surface area contributed by atoms with Gasteiger partial charge in [-0.25, -0.2) is 4.68 Å². The minimum Gasteiger partial charge on any atom is -0.497 e. The van der Waals surface area contributed by atoms with E-state index in [4.69, 9.17) is 10.5 Å². The van der Waals surface area contributed by atoms with Crippen molar-refractivity contribution in [3.05, 3.63) is 66.4 Å². The monoisotopic (exact) mass is 376 g/mol. The second-order valence-electron chi connectivity index (χ2n) is 7.04. The maximum Gasteiger partial charge on any atom is 0.274 e. The zero-order valence-electron chi connectivity index (χ0n) is 15.9. The van der Waals surface area contributed by atoms with Crippen molar-refractivity contribution in [3.63, 3.8) is 0 Å². The van der Waals surface area contributed by atoms with Gasteiger partial charge in [0.2, 0.25) is 0 Å². The number of nitrogens with two attached hydrogens (primary N) is 1. The smallest absolute Gasteiger partial charge is 0.274 e. The van der Waals surface area contributed by atoms with Crippen LogP contribution in [0.25, 0.3) is 16.9 Å². The second-order valence-corrected chi connectivity index (χ2v) is 7.04. The standard InChI is InChI=1S/C22H24N4O2/c1-28-19-11-9-16(10-12-19)21-14-20(22(27)25-13-5-6-17(23)15-25)24-26(21)18-7-3-2-4-8-18/h2-4,7-12,14,17H,5-6,13,15,23H2,1H3. The van der Waals surface area contributed by atoms with Crippen molar-refractivity contribution >= 4 is 5.91 Å². The Bertz CT molecular complexity index is 950. The number of carbonyl (C=O) groups excluding carboxylic acids is 1. The number of amides is 1. The number of para-hydroxylation sites is 1. The lowest BCUT2D eigenvalue weighted by Gasteiger charge is -2.30. The molecule has 3 aromatic rings. The molecule has 1 atom stereocenters. The van der Waals surface area contributed by atoms with Gasteiger partial charge in [0.25, 0.3) is 5.91 Å². The average Bonchev–Trinajstić information content (AvgIpc) is 3.19. The SMILES string of the molecule is COc1ccc(-c2cc(C(=O)N3CCCC(N)C3)nn2-c2ccccc2)cc1. The molecule has 0 aliphatic carbocycles. The summed E-state index contributed by atoms with van der Waals surface area (Å²) in [4.78, 5) is 14.9. The van der Waals surface area contributed by atoms with Gasteiger partial charge in [-0.1, -0.05) is 18.2 Å². The first-order chi connectivity index (χ1) is 13.7. The predicted octanol–water partition coefficient (Wildman–Crippen LogP) is 3.11. The molecule has 0 radical (unpaired) electrons. The van der Waals surface area contributed by atoms with Crippen molar-refractivity contribution in [2.75, 3.05) is 20.2 Å². The lowest BCUT2D eigenvalue weighted by atomic mass is 10.1. The molecule has 1 unspecified atom stereocenters. The van der Waals surface area contributed by atoms with Crippen molar-refractivity contribution in [1.29, 1.82) is 0 Å². The fraction of sp³-hybridized carbons (Fsp3) is 0.273. The number of benzene rings is 2. The number of hydrogen-bond donors (Lipinski definition) is 1. The number of ether oxygens (including phenoxy) is 1. The van der Waals surface area contributed by atoms with Crippen LogP contribution in [0.3, 0.4) is 0 Å². The molecule has 4 rings (SSSR count). The number of aromatic nitrogens is 2. The normalized spacial score (nSPS) is 16.8. The van der Waals surface area contributed by atoms with E-state index in [-0.39, 0.29) is 11.9 Å². The van der Waals surface area contributed by atoms with E-state index in [1.54, 1.807) is 7.11 Å². The molecule has 0 saturated carbocycles. The molecule has 6 heteroatoms. The predicted molar refractivity (Wildman–Crippen MR) is 109 cm³/mol. The Balaban J connectivity index is 1.74. The third-order valence-corrected chi connectivity index (χ3v) is 5.06. The minimum absolute atomic E-state index is 0.0370. The van der Waals surface area contributed by atoms with Crippen molar-refractivity contribution in [2.45, 2.75) is 18.9 Å². The van der Waals surface area contributed by atoms with E-state index >= 15 is 0 Å². The van der Waals surface area contributed by atoms with Crippen LogP contribution < -0.4 is 10.5 Å². The Kier molecular flexibility index (Phi) is 5.12. The number of piperidine rings is 1. The van der Waals surface area contributed by atoms with Crippen molar-refractivity contribution in [2.24, 2.45) is 5.73 Å². The quantitative estimate of drug-likeness (QED) is 0.759. The molecule has 6 nitrogen and oxygen atoms in total. The fourth-order valence-electron chi connectivity index (χ4n) is 3.58. The first-order valence-electron chi connectivity index (χ1n) is 9.50. The molecule has 1 fully saturated rings. The Morgan fingerprint density at radius 1 is 1.14 bits per heavy atom. The van der Waals surface area contributed by atoms with Crippen LogP contribution in [0.2, 0.25) is 0 Å². The van der Waals surface area contributed by atoms with Crippen LogP contribution in [-0.4, -0.2) is 46.8 Å². The summed E-state index contributed by atoms with van der Waals surface area (Å²) in [6.07, 6.45) is 1.89. The van der Waals surface area contributed by atoms with Gasteiger partial charge in [-0.2, -0.15) is 5.10 Å². The fourth-order valence-corrected chi connectivity index (χ4v) is 3.58. The topological polar surface area (TPSA) is 73.4 Å². The van der Waals surface area contributed by atoms with Gasteiger partial charge in [-0.3, -0.25) is 4.79 Å². The molecule has 1 saturated heterocycles. The summed E-state index contributed by atoms with van der Waals surface area (Å²) in [6.45, 7) is 1.30. The highest BCUT2D eigenvalue weighted by Crippen LogP contribution is 2.27. The highest BCUT2D eigenvalue weighted by atomic mass is 16.5. The molecule has 1 amide bonds. The number of hydrogen-bond acceptors (Lipinski definition) is 4. The molecule has 2 aromatic carbocycles. The third-order valence-electron chi connectivity index (χ3n) is 5.06. The minimum atomic E-state index is -0.0698. The molecule has 0 spiro atoms. The molecule has 1 aliphatic heterocycles. The molecule has 1 aliphatic rings. The summed E-state index contributed by atoms with van der Waals surface area (Å²) in [5.74, 6) is 0.715. The zero-order valence-corrected chi connectivity index (χ0v) is 15.9. The van der Waals surface area contributed by atoms with Gasteiger partial charge >= 0.3 is 0 Å². The Morgan fingerprint density at radius 3 is 2.57 bits per heavy atom. The molecule has 1 aromatic heterocycles. The van der Waals surface area contributed by atoms with Gasteiger partial charge in [0.05, 0.1) is 18.5 Å². The molecular formula is C22H24N4O2. The number of likely N-dealkylation sites (tertiary alicyclic amines) is 1. The summed E-state index contributed by atoms with van der Waals surface area (Å²) in [5, 5.41) is 4.65. The van der Waals surface area contributed by atoms with Crippen molar-refractivity contribution in [1.82, 2.24) is 14.7 Å². The van der Waals surface area contributed by atoms with E-state index < -0.39 is 0 Å². The van der Waals surface area contributed by atoms with Gasteiger partial charge < -0.3 is 15.4 Å². The summed E-state index contributed by atoms with van der Waals surface area (Å²) in [5.41, 5.74) is 9.22. The van der Waals surface area contributed by atoms with E-state index in [0.717, 1.165) is 42.1 Å². The molecule has 28 heavy (non-hydrogen) atoms. The van der Waals surface area contributed by atoms with Crippen molar-refractivity contribution in [3.8, 4) is 22.7 Å². The summed E-state index contributed by atoms with van der Waals surface area (Å²) in [7, 11) is 1.64. The highest BCUT2D eigenvalue weighted by molar-refractivity contribution is 5.93. The number of methoxy groups -OCH3 is 1. The van der Waals surface area contributed by atoms with E-state index in [9.17, 15) is 4.79 Å². The van der Waals surface area contributed by atoms with Gasteiger partial charge in [-0.05, 0) is 55.3 Å². The number of nitrogens with zero attached hydrogens (tertiary/aromatic N) is 3. The molecule has 2 heterocycles. The lowest BCUT2D eigenvalue weighted by Crippen LogP contribution is -2.45. The van der Waals surface area contributed by atoms with Crippen LogP contribution in [0.1, 0.15) is 23.3 Å². The first kappa shape index (κ1) is 18.3. The molecule has 2 N–H and O–H groups in total. The summed E-state index contributed by atoms with van der Waals surface area (Å²) < 4.78 is 7.08. The van der Waals surface area contributed by atoms with Gasteiger partial charge in [0.1, 0.15) is 5.75 Å². The summed E-state index contributed by atoms with van der Waals surface area (Å²) >= 11 is 0. The van der Waals surface area contributed by atoms with Crippen LogP contribution in [0.15, 0.2) is 60.7 Å². The first-order valence-corrected chi connectivity index (χ1v) is 9.50. The van der Waals surface area contributed by atoms with Crippen molar-refractivity contribution < 1.29 is 9.53 Å². The van der Waals surface area contributed by atoms with Crippen LogP contribution >= 0.6 is 0 Å². The Morgan fingerprint density at radius 2 is 1.89 bits per heavy atom. The van der Waals surface area contributed by atoms with E-state index in [1.807, 2.05) is 70.2 Å². The average molecular weight is 376 g/mol. The Hall–Kier alpha value is -3.12. The lowest BCUT2D eigenvalue weighted by molar-refractivity contribution is 0.0702. The molecular weight excluding hydrogens is 352 g/mol. The maximum absolute atomic E-state index is 13.0. The zero-order chi connectivity index (χ0) is 19.5. The van der Waals surface area contributed by atoms with Crippen LogP contribution in [-0.2, 0) is 0 Å². The van der Waals surface area contributed by atoms with E-state index in [0.29, 0.717) is 12.2 Å². The third kappa shape index (κ3) is 3.64. The summed E-state index contributed by atoms with van der Waals surface area (Å²) in [6, 6.07) is 19.5. The maximum atomic E-state index is 13.0. The van der Waals surface area contributed by atoms with Crippen LogP contribution in [0, 0.1) is 0 Å². The largest absolute Gasteiger partial charge is 0.497 e.